The van der Waals surface area contributed by atoms with Crippen molar-refractivity contribution in [2.24, 2.45) is 0 Å². The normalized spacial score (nSPS) is 11.0. The molecule has 0 amide bonds. The molecule has 0 spiro atoms. The summed E-state index contributed by atoms with van der Waals surface area (Å²) >= 11 is 0. The van der Waals surface area contributed by atoms with E-state index in [0.717, 1.165) is 5.56 Å². The van der Waals surface area contributed by atoms with Crippen LogP contribution in [0.3, 0.4) is 0 Å². The second kappa shape index (κ2) is 7.89. The summed E-state index contributed by atoms with van der Waals surface area (Å²) in [6.45, 7) is 0.369. The third-order valence-corrected chi connectivity index (χ3v) is 4.25. The predicted octanol–water partition coefficient (Wildman–Crippen LogP) is 0.327. The van der Waals surface area contributed by atoms with Crippen LogP contribution in [0.4, 0.5) is 0 Å². The van der Waals surface area contributed by atoms with Gasteiger partial charge in [-0.25, -0.2) is 8.42 Å². The van der Waals surface area contributed by atoms with Crippen LogP contribution in [-0.2, 0) is 16.7 Å². The van der Waals surface area contributed by atoms with Crippen LogP contribution in [0.5, 0.6) is 5.75 Å². The Labute approximate surface area is 177 Å². The first-order valence-corrected chi connectivity index (χ1v) is 8.11. The first-order valence-electron chi connectivity index (χ1n) is 6.70. The summed E-state index contributed by atoms with van der Waals surface area (Å²) in [5, 5.41) is 0.985. The first-order chi connectivity index (χ1) is 10.6. The molecule has 3 aromatic carbocycles. The van der Waals surface area contributed by atoms with Crippen LogP contribution in [0.2, 0.25) is 0 Å². The summed E-state index contributed by atoms with van der Waals surface area (Å²) in [4.78, 5) is -0.227. The SMILES string of the molecule is O=S(=O)([O-])c1ccc(OCc2ccccc2)c2ccccc12.[K+]. The summed E-state index contributed by atoms with van der Waals surface area (Å²) < 4.78 is 39.8. The average molecular weight is 352 g/mol. The van der Waals surface area contributed by atoms with E-state index in [2.05, 4.69) is 0 Å². The van der Waals surface area contributed by atoms with Crippen LogP contribution < -0.4 is 56.1 Å². The Morgan fingerprint density at radius 1 is 0.826 bits per heavy atom. The van der Waals surface area contributed by atoms with Crippen LogP contribution in [0.25, 0.3) is 10.8 Å². The molecule has 0 atom stereocenters. The maximum absolute atomic E-state index is 11.3. The van der Waals surface area contributed by atoms with Crippen molar-refractivity contribution in [1.82, 2.24) is 0 Å². The van der Waals surface area contributed by atoms with Crippen LogP contribution >= 0.6 is 0 Å². The third-order valence-electron chi connectivity index (χ3n) is 3.35. The molecule has 3 rings (SSSR count). The van der Waals surface area contributed by atoms with Crippen LogP contribution in [0.15, 0.2) is 71.6 Å². The molecule has 0 bridgehead atoms. The number of rotatable bonds is 4. The minimum absolute atomic E-state index is 0. The van der Waals surface area contributed by atoms with Gasteiger partial charge in [-0.3, -0.25) is 0 Å². The molecule has 0 saturated carbocycles. The zero-order valence-electron chi connectivity index (χ0n) is 12.6. The Balaban J connectivity index is 0.00000192. The van der Waals surface area contributed by atoms with Gasteiger partial charge in [-0.15, -0.1) is 0 Å². The molecular formula is C17H13KO4S. The molecule has 0 fully saturated rings. The minimum atomic E-state index is -4.52. The second-order valence-corrected chi connectivity index (χ2v) is 6.18. The fourth-order valence-electron chi connectivity index (χ4n) is 2.32. The fourth-order valence-corrected chi connectivity index (χ4v) is 3.01. The van der Waals surface area contributed by atoms with Crippen molar-refractivity contribution in [3.05, 3.63) is 72.3 Å². The standard InChI is InChI=1S/C17H14O4S.K/c18-22(19,20)17-11-10-16(14-8-4-5-9-15(14)17)21-12-13-6-2-1-3-7-13;/h1-11H,12H2,(H,18,19,20);/q;+1/p-1. The number of hydrogen-bond donors (Lipinski definition) is 0. The number of ether oxygens (including phenoxy) is 1. The second-order valence-electron chi connectivity index (χ2n) is 4.84. The molecule has 0 aliphatic carbocycles. The van der Waals surface area contributed by atoms with Gasteiger partial charge < -0.3 is 9.29 Å². The van der Waals surface area contributed by atoms with E-state index >= 15 is 0 Å². The third kappa shape index (κ3) is 4.42. The van der Waals surface area contributed by atoms with Crippen molar-refractivity contribution in [1.29, 1.82) is 0 Å². The monoisotopic (exact) mass is 352 g/mol. The topological polar surface area (TPSA) is 66.4 Å². The summed E-state index contributed by atoms with van der Waals surface area (Å²) in [5.74, 6) is 0.548. The van der Waals surface area contributed by atoms with Crippen molar-refractivity contribution >= 4 is 20.9 Å². The van der Waals surface area contributed by atoms with E-state index in [1.54, 1.807) is 24.3 Å². The Hall–Kier alpha value is -0.734. The molecular weight excluding hydrogens is 339 g/mol. The van der Waals surface area contributed by atoms with Gasteiger partial charge in [0.15, 0.2) is 0 Å². The minimum Gasteiger partial charge on any atom is -0.744 e. The van der Waals surface area contributed by atoms with Gasteiger partial charge >= 0.3 is 51.4 Å². The largest absolute Gasteiger partial charge is 1.00 e. The first kappa shape index (κ1) is 18.6. The molecule has 0 heterocycles. The summed E-state index contributed by atoms with van der Waals surface area (Å²) in [6, 6.07) is 19.3. The van der Waals surface area contributed by atoms with Crippen molar-refractivity contribution in [2.75, 3.05) is 0 Å². The Kier molecular flexibility index (Phi) is 6.38. The summed E-state index contributed by atoms with van der Waals surface area (Å²) in [5.41, 5.74) is 1.01. The summed E-state index contributed by atoms with van der Waals surface area (Å²) in [6.07, 6.45) is 0. The van der Waals surface area contributed by atoms with E-state index in [0.29, 0.717) is 23.1 Å². The van der Waals surface area contributed by atoms with Crippen LogP contribution in [0, 0.1) is 0 Å². The smallest absolute Gasteiger partial charge is 0.744 e. The fraction of sp³-hybridized carbons (Fsp3) is 0.0588. The molecule has 0 radical (unpaired) electrons. The molecule has 3 aromatic rings. The van der Waals surface area contributed by atoms with Gasteiger partial charge in [-0.1, -0.05) is 54.6 Å². The number of hydrogen-bond acceptors (Lipinski definition) is 4. The van der Waals surface area contributed by atoms with Gasteiger partial charge in [0.1, 0.15) is 22.5 Å². The molecule has 4 nitrogen and oxygen atoms in total. The van der Waals surface area contributed by atoms with E-state index in [1.807, 2.05) is 30.3 Å². The quantitative estimate of drug-likeness (QED) is 0.501. The van der Waals surface area contributed by atoms with Gasteiger partial charge in [0.2, 0.25) is 0 Å². The van der Waals surface area contributed by atoms with Gasteiger partial charge in [0.05, 0.1) is 4.90 Å². The van der Waals surface area contributed by atoms with E-state index in [1.165, 1.54) is 12.1 Å². The van der Waals surface area contributed by atoms with Crippen LogP contribution in [-0.4, -0.2) is 13.0 Å². The Morgan fingerprint density at radius 2 is 1.43 bits per heavy atom. The van der Waals surface area contributed by atoms with E-state index in [-0.39, 0.29) is 56.3 Å². The molecule has 6 heteroatoms. The molecule has 0 aromatic heterocycles. The Morgan fingerprint density at radius 3 is 2.09 bits per heavy atom. The number of benzene rings is 3. The number of fused-ring (bicyclic) bond motifs is 1. The van der Waals surface area contributed by atoms with E-state index in [9.17, 15) is 13.0 Å². The molecule has 23 heavy (non-hydrogen) atoms. The maximum Gasteiger partial charge on any atom is 1.00 e. The molecule has 112 valence electrons. The molecule has 0 saturated heterocycles. The van der Waals surface area contributed by atoms with Gasteiger partial charge in [0, 0.05) is 10.8 Å². The van der Waals surface area contributed by atoms with E-state index in [4.69, 9.17) is 4.74 Å². The van der Waals surface area contributed by atoms with Crippen LogP contribution in [0.1, 0.15) is 5.56 Å². The van der Waals surface area contributed by atoms with E-state index < -0.39 is 10.1 Å². The summed E-state index contributed by atoms with van der Waals surface area (Å²) in [7, 11) is -4.52. The zero-order valence-corrected chi connectivity index (χ0v) is 16.5. The molecule has 0 aliphatic rings. The molecule has 0 aliphatic heterocycles. The van der Waals surface area contributed by atoms with Gasteiger partial charge in [-0.2, -0.15) is 0 Å². The van der Waals surface area contributed by atoms with Crippen molar-refractivity contribution in [3.8, 4) is 5.75 Å². The Bertz CT molecular complexity index is 908. The van der Waals surface area contributed by atoms with Gasteiger partial charge in [-0.05, 0) is 17.7 Å². The molecule has 0 N–H and O–H groups in total. The average Bonchev–Trinajstić information content (AvgIpc) is 2.52. The maximum atomic E-state index is 11.3. The van der Waals surface area contributed by atoms with Crippen molar-refractivity contribution in [3.63, 3.8) is 0 Å². The predicted molar refractivity (Wildman–Crippen MR) is 82.7 cm³/mol. The molecule has 0 unspecified atom stereocenters. The zero-order chi connectivity index (χ0) is 15.6. The van der Waals surface area contributed by atoms with Crippen molar-refractivity contribution < 1.29 is 69.1 Å². The van der Waals surface area contributed by atoms with Crippen molar-refractivity contribution in [2.45, 2.75) is 11.5 Å². The van der Waals surface area contributed by atoms with Gasteiger partial charge in [0.25, 0.3) is 0 Å².